The van der Waals surface area contributed by atoms with Crippen molar-refractivity contribution < 1.29 is 32.1 Å². The first-order valence-electron chi connectivity index (χ1n) is 17.5. The second-order valence-corrected chi connectivity index (χ2v) is 14.7. The molecule has 4 atom stereocenters. The molecule has 4 aromatic carbocycles. The molecular weight excluding hydrogens is 637 g/mol. The predicted molar refractivity (Wildman–Crippen MR) is 192 cm³/mol. The van der Waals surface area contributed by atoms with Crippen LogP contribution in [-0.2, 0) is 53.3 Å². The molecule has 0 N–H and O–H groups in total. The van der Waals surface area contributed by atoms with Crippen LogP contribution in [0, 0.1) is 0 Å². The van der Waals surface area contributed by atoms with E-state index in [-0.39, 0.29) is 30.4 Å². The highest BCUT2D eigenvalue weighted by atomic mass is 32.2. The molecule has 5 rings (SSSR count). The number of hydrogen-bond donors (Lipinski definition) is 0. The molecule has 1 unspecified atom stereocenters. The fraction of sp³-hybridized carbons (Fsp3) is 0.415. The maximum absolute atomic E-state index is 13.0. The quantitative estimate of drug-likeness (QED) is 0.0816. The second-order valence-electron chi connectivity index (χ2n) is 12.6. The SMILES string of the molecule is O=S(=O)(CCCC[C@@H](OCc1ccccc1)[C@H](C[C@@H](COC1CCCCO1)OCc1ccccc1)OCc1ccccc1)c1ccccc1. The Morgan fingerprint density at radius 1 is 0.633 bits per heavy atom. The molecule has 49 heavy (non-hydrogen) atoms. The summed E-state index contributed by atoms with van der Waals surface area (Å²) in [6, 6.07) is 39.0. The zero-order chi connectivity index (χ0) is 34.0. The standard InChI is InChI=1S/C41H50O7S/c42-49(43,38-23-11-4-12-24-38)28-16-14-25-39(46-31-35-19-7-2-8-20-35)40(47-32-36-21-9-3-10-22-36)29-37(33-48-41-26-13-15-27-44-41)45-30-34-17-5-1-6-18-34/h1-12,17-24,37,39-41H,13-16,25-33H2/t37-,39+,40-,41?/m0/s1. The van der Waals surface area contributed by atoms with Crippen LogP contribution in [0.1, 0.15) is 61.6 Å². The molecule has 1 heterocycles. The van der Waals surface area contributed by atoms with Crippen molar-refractivity contribution in [2.75, 3.05) is 19.0 Å². The molecule has 7 nitrogen and oxygen atoms in total. The smallest absolute Gasteiger partial charge is 0.178 e. The van der Waals surface area contributed by atoms with E-state index in [1.54, 1.807) is 24.3 Å². The van der Waals surface area contributed by atoms with E-state index in [0.717, 1.165) is 36.0 Å². The Bertz CT molecular complexity index is 1550. The third kappa shape index (κ3) is 13.1. The van der Waals surface area contributed by atoms with Gasteiger partial charge < -0.3 is 23.7 Å². The van der Waals surface area contributed by atoms with Crippen LogP contribution >= 0.6 is 0 Å². The zero-order valence-corrected chi connectivity index (χ0v) is 29.1. The van der Waals surface area contributed by atoms with Gasteiger partial charge in [-0.15, -0.1) is 0 Å². The van der Waals surface area contributed by atoms with Crippen LogP contribution in [0.4, 0.5) is 0 Å². The highest BCUT2D eigenvalue weighted by Crippen LogP contribution is 2.24. The summed E-state index contributed by atoms with van der Waals surface area (Å²) in [7, 11) is -3.37. The summed E-state index contributed by atoms with van der Waals surface area (Å²) in [5.74, 6) is 0.0794. The molecule has 0 saturated carbocycles. The number of sulfone groups is 1. The van der Waals surface area contributed by atoms with Crippen molar-refractivity contribution in [3.05, 3.63) is 138 Å². The van der Waals surface area contributed by atoms with Gasteiger partial charge in [-0.1, -0.05) is 109 Å². The molecular formula is C41H50O7S. The normalized spacial score (nSPS) is 16.9. The molecule has 1 fully saturated rings. The molecule has 0 aromatic heterocycles. The lowest BCUT2D eigenvalue weighted by Gasteiger charge is -2.32. The topological polar surface area (TPSA) is 80.3 Å². The van der Waals surface area contributed by atoms with Gasteiger partial charge >= 0.3 is 0 Å². The van der Waals surface area contributed by atoms with Gasteiger partial charge in [0.25, 0.3) is 0 Å². The van der Waals surface area contributed by atoms with E-state index in [4.69, 9.17) is 23.7 Å². The van der Waals surface area contributed by atoms with Crippen LogP contribution in [0.3, 0.4) is 0 Å². The van der Waals surface area contributed by atoms with Crippen molar-refractivity contribution in [3.8, 4) is 0 Å². The average molecular weight is 687 g/mol. The summed E-state index contributed by atoms with van der Waals surface area (Å²) in [5, 5.41) is 0. The van der Waals surface area contributed by atoms with Crippen LogP contribution < -0.4 is 0 Å². The van der Waals surface area contributed by atoms with Gasteiger partial charge in [-0.25, -0.2) is 8.42 Å². The molecule has 262 valence electrons. The summed E-state index contributed by atoms with van der Waals surface area (Å²) in [6.07, 6.45) is 4.18. The molecule has 0 amide bonds. The lowest BCUT2D eigenvalue weighted by Crippen LogP contribution is -2.38. The molecule has 1 saturated heterocycles. The Morgan fingerprint density at radius 2 is 1.16 bits per heavy atom. The van der Waals surface area contributed by atoms with Crippen LogP contribution in [0.2, 0.25) is 0 Å². The predicted octanol–water partition coefficient (Wildman–Crippen LogP) is 8.32. The summed E-state index contributed by atoms with van der Waals surface area (Å²) in [5.41, 5.74) is 3.21. The monoisotopic (exact) mass is 686 g/mol. The van der Waals surface area contributed by atoms with Gasteiger partial charge in [-0.05, 0) is 67.3 Å². The number of ether oxygens (including phenoxy) is 5. The van der Waals surface area contributed by atoms with Crippen molar-refractivity contribution in [2.45, 2.75) is 94.3 Å². The molecule has 0 aliphatic carbocycles. The van der Waals surface area contributed by atoms with Gasteiger partial charge in [0.15, 0.2) is 16.1 Å². The van der Waals surface area contributed by atoms with Crippen LogP contribution in [0.25, 0.3) is 0 Å². The molecule has 1 aliphatic rings. The Balaban J connectivity index is 1.32. The van der Waals surface area contributed by atoms with Crippen molar-refractivity contribution in [1.82, 2.24) is 0 Å². The minimum Gasteiger partial charge on any atom is -0.371 e. The van der Waals surface area contributed by atoms with Gasteiger partial charge in [0, 0.05) is 13.0 Å². The highest BCUT2D eigenvalue weighted by molar-refractivity contribution is 7.91. The van der Waals surface area contributed by atoms with Crippen molar-refractivity contribution in [3.63, 3.8) is 0 Å². The first-order valence-corrected chi connectivity index (χ1v) is 19.2. The van der Waals surface area contributed by atoms with E-state index < -0.39 is 9.84 Å². The molecule has 0 radical (unpaired) electrons. The fourth-order valence-electron chi connectivity index (χ4n) is 5.93. The summed E-state index contributed by atoms with van der Waals surface area (Å²) >= 11 is 0. The minimum absolute atomic E-state index is 0.0794. The lowest BCUT2D eigenvalue weighted by molar-refractivity contribution is -0.188. The Morgan fingerprint density at radius 3 is 1.71 bits per heavy atom. The van der Waals surface area contributed by atoms with E-state index in [9.17, 15) is 8.42 Å². The first-order chi connectivity index (χ1) is 24.0. The van der Waals surface area contributed by atoms with Gasteiger partial charge in [0.05, 0.1) is 55.4 Å². The van der Waals surface area contributed by atoms with E-state index in [0.29, 0.717) is 63.6 Å². The number of hydrogen-bond acceptors (Lipinski definition) is 7. The van der Waals surface area contributed by atoms with Gasteiger partial charge in [-0.3, -0.25) is 0 Å². The van der Waals surface area contributed by atoms with Gasteiger partial charge in [-0.2, -0.15) is 0 Å². The van der Waals surface area contributed by atoms with Crippen molar-refractivity contribution in [2.24, 2.45) is 0 Å². The van der Waals surface area contributed by atoms with E-state index in [2.05, 4.69) is 24.3 Å². The van der Waals surface area contributed by atoms with Crippen LogP contribution in [0.5, 0.6) is 0 Å². The summed E-state index contributed by atoms with van der Waals surface area (Å²) < 4.78 is 58.1. The molecule has 1 aliphatic heterocycles. The molecule has 8 heteroatoms. The van der Waals surface area contributed by atoms with Crippen molar-refractivity contribution in [1.29, 1.82) is 0 Å². The highest BCUT2D eigenvalue weighted by Gasteiger charge is 2.29. The second kappa shape index (κ2) is 20.3. The Hall–Kier alpha value is -3.37. The minimum atomic E-state index is -3.37. The average Bonchev–Trinajstić information content (AvgIpc) is 3.16. The molecule has 0 bridgehead atoms. The first kappa shape index (κ1) is 36.9. The summed E-state index contributed by atoms with van der Waals surface area (Å²) in [6.45, 7) is 2.35. The maximum atomic E-state index is 13.0. The van der Waals surface area contributed by atoms with E-state index in [1.807, 2.05) is 72.8 Å². The largest absolute Gasteiger partial charge is 0.371 e. The Kier molecular flexibility index (Phi) is 15.3. The van der Waals surface area contributed by atoms with Crippen LogP contribution in [0.15, 0.2) is 126 Å². The van der Waals surface area contributed by atoms with E-state index >= 15 is 0 Å². The maximum Gasteiger partial charge on any atom is 0.178 e. The zero-order valence-electron chi connectivity index (χ0n) is 28.3. The fourth-order valence-corrected chi connectivity index (χ4v) is 7.32. The lowest BCUT2D eigenvalue weighted by atomic mass is 10.0. The number of rotatable bonds is 21. The van der Waals surface area contributed by atoms with Crippen LogP contribution in [-0.4, -0.2) is 52.0 Å². The third-order valence-corrected chi connectivity index (χ3v) is 10.5. The van der Waals surface area contributed by atoms with E-state index in [1.165, 1.54) is 0 Å². The molecule has 4 aromatic rings. The number of unbranched alkanes of at least 4 members (excludes halogenated alkanes) is 1. The Labute approximate surface area is 292 Å². The molecule has 0 spiro atoms. The summed E-state index contributed by atoms with van der Waals surface area (Å²) in [4.78, 5) is 0.358. The number of benzene rings is 4. The third-order valence-electron chi connectivity index (χ3n) is 8.71. The van der Waals surface area contributed by atoms with Gasteiger partial charge in [0.1, 0.15) is 0 Å². The van der Waals surface area contributed by atoms with Gasteiger partial charge in [0.2, 0.25) is 0 Å². The van der Waals surface area contributed by atoms with Crippen molar-refractivity contribution >= 4 is 9.84 Å².